The molecule has 108 valence electrons. The second-order valence-electron chi connectivity index (χ2n) is 4.25. The molecule has 2 aromatic carbocycles. The Morgan fingerprint density at radius 1 is 1.29 bits per heavy atom. The van der Waals surface area contributed by atoms with E-state index in [4.69, 9.17) is 21.4 Å². The van der Waals surface area contributed by atoms with Crippen molar-refractivity contribution in [1.82, 2.24) is 0 Å². The maximum absolute atomic E-state index is 11.1. The van der Waals surface area contributed by atoms with Gasteiger partial charge in [0.1, 0.15) is 11.3 Å². The first-order valence-corrected chi connectivity index (χ1v) is 6.22. The number of nitrogens with zero attached hydrogens (tertiary/aromatic N) is 1. The lowest BCUT2D eigenvalue weighted by atomic mass is 10.1. The molecule has 0 aliphatic heterocycles. The van der Waals surface area contributed by atoms with Crippen molar-refractivity contribution in [1.29, 1.82) is 0 Å². The van der Waals surface area contributed by atoms with Gasteiger partial charge in [0.15, 0.2) is 0 Å². The third kappa shape index (κ3) is 3.11. The van der Waals surface area contributed by atoms with Crippen LogP contribution in [0.1, 0.15) is 15.9 Å². The fourth-order valence-corrected chi connectivity index (χ4v) is 2.05. The topological polar surface area (TPSA) is 89.7 Å². The maximum Gasteiger partial charge on any atom is 0.342 e. The van der Waals surface area contributed by atoms with E-state index < -0.39 is 22.1 Å². The number of carboxylic acids is 1. The summed E-state index contributed by atoms with van der Waals surface area (Å²) in [6.45, 7) is 1.84. The van der Waals surface area contributed by atoms with Gasteiger partial charge in [-0.05, 0) is 36.8 Å². The molecule has 2 rings (SSSR count). The summed E-state index contributed by atoms with van der Waals surface area (Å²) in [5.74, 6) is -1.36. The molecular weight excluding hydrogens is 298 g/mol. The lowest BCUT2D eigenvalue weighted by Gasteiger charge is -2.09. The second kappa shape index (κ2) is 5.80. The minimum Gasteiger partial charge on any atom is -0.477 e. The normalized spacial score (nSPS) is 10.2. The number of nitro benzene ring substituents is 1. The van der Waals surface area contributed by atoms with Crippen molar-refractivity contribution in [3.63, 3.8) is 0 Å². The average Bonchev–Trinajstić information content (AvgIpc) is 2.41. The molecule has 6 nitrogen and oxygen atoms in total. The second-order valence-corrected chi connectivity index (χ2v) is 4.66. The number of aryl methyl sites for hydroxylation is 1. The molecule has 0 aliphatic rings. The van der Waals surface area contributed by atoms with Crippen molar-refractivity contribution in [3.8, 4) is 11.5 Å². The summed E-state index contributed by atoms with van der Waals surface area (Å²) in [4.78, 5) is 21.4. The van der Waals surface area contributed by atoms with E-state index in [0.717, 1.165) is 11.6 Å². The summed E-state index contributed by atoms with van der Waals surface area (Å²) in [6.07, 6.45) is 0. The van der Waals surface area contributed by atoms with Crippen LogP contribution in [-0.4, -0.2) is 16.0 Å². The fraction of sp³-hybridized carbons (Fsp3) is 0.0714. The minimum atomic E-state index is -1.40. The highest BCUT2D eigenvalue weighted by molar-refractivity contribution is 6.32. The predicted molar refractivity (Wildman–Crippen MR) is 76.3 cm³/mol. The summed E-state index contributed by atoms with van der Waals surface area (Å²) in [5, 5.41) is 20.4. The molecule has 0 heterocycles. The Bertz CT molecular complexity index is 729. The first-order valence-electron chi connectivity index (χ1n) is 5.85. The molecule has 7 heteroatoms. The fourth-order valence-electron chi connectivity index (χ4n) is 1.77. The zero-order valence-electron chi connectivity index (χ0n) is 10.9. The Balaban J connectivity index is 2.51. The Morgan fingerprint density at radius 3 is 2.57 bits per heavy atom. The van der Waals surface area contributed by atoms with Crippen molar-refractivity contribution >= 4 is 23.3 Å². The van der Waals surface area contributed by atoms with Crippen LogP contribution in [0.3, 0.4) is 0 Å². The summed E-state index contributed by atoms with van der Waals surface area (Å²) >= 11 is 6.00. The van der Waals surface area contributed by atoms with Gasteiger partial charge in [0.2, 0.25) is 5.75 Å². The molecule has 2 aromatic rings. The quantitative estimate of drug-likeness (QED) is 0.680. The highest BCUT2D eigenvalue weighted by Crippen LogP contribution is 2.37. The van der Waals surface area contributed by atoms with Crippen molar-refractivity contribution < 1.29 is 19.6 Å². The number of halogens is 1. The van der Waals surface area contributed by atoms with E-state index in [0.29, 0.717) is 0 Å². The molecular formula is C14H10ClNO5. The van der Waals surface area contributed by atoms with Crippen LogP contribution >= 0.6 is 11.6 Å². The van der Waals surface area contributed by atoms with Crippen LogP contribution in [0.15, 0.2) is 36.4 Å². The average molecular weight is 308 g/mol. The zero-order valence-corrected chi connectivity index (χ0v) is 11.6. The SMILES string of the molecule is Cc1ccc(Oc2cccc(C(=O)O)c2[N+](=O)[O-])c(Cl)c1. The lowest BCUT2D eigenvalue weighted by Crippen LogP contribution is -2.04. The molecule has 0 amide bonds. The molecule has 1 N–H and O–H groups in total. The Labute approximate surface area is 124 Å². The number of nitro groups is 1. The van der Waals surface area contributed by atoms with Gasteiger partial charge in [-0.25, -0.2) is 4.79 Å². The molecule has 0 fully saturated rings. The van der Waals surface area contributed by atoms with Gasteiger partial charge in [0.05, 0.1) is 9.95 Å². The number of carboxylic acid groups (broad SMARTS) is 1. The zero-order chi connectivity index (χ0) is 15.6. The number of benzene rings is 2. The maximum atomic E-state index is 11.1. The van der Waals surface area contributed by atoms with Gasteiger partial charge in [-0.3, -0.25) is 10.1 Å². The standard InChI is InChI=1S/C14H10ClNO5/c1-8-5-6-11(10(15)7-8)21-12-4-2-3-9(14(17)18)13(12)16(19)20/h2-7H,1H3,(H,17,18). The molecule has 0 aromatic heterocycles. The highest BCUT2D eigenvalue weighted by atomic mass is 35.5. The van der Waals surface area contributed by atoms with Crippen LogP contribution < -0.4 is 4.74 Å². The summed E-state index contributed by atoms with van der Waals surface area (Å²) < 4.78 is 5.41. The molecule has 0 saturated carbocycles. The van der Waals surface area contributed by atoms with Gasteiger partial charge >= 0.3 is 11.7 Å². The monoisotopic (exact) mass is 307 g/mol. The minimum absolute atomic E-state index is 0.175. The van der Waals surface area contributed by atoms with Gasteiger partial charge in [-0.15, -0.1) is 0 Å². The van der Waals surface area contributed by atoms with Crippen LogP contribution in [0.25, 0.3) is 0 Å². The number of hydrogen-bond donors (Lipinski definition) is 1. The molecule has 0 radical (unpaired) electrons. The number of carbonyl (C=O) groups is 1. The van der Waals surface area contributed by atoms with E-state index in [1.807, 2.05) is 6.92 Å². The van der Waals surface area contributed by atoms with Gasteiger partial charge in [-0.2, -0.15) is 0 Å². The van der Waals surface area contributed by atoms with E-state index in [1.54, 1.807) is 18.2 Å². The third-order valence-electron chi connectivity index (χ3n) is 2.72. The summed E-state index contributed by atoms with van der Waals surface area (Å²) in [5.41, 5.74) is -0.150. The number of rotatable bonds is 4. The van der Waals surface area contributed by atoms with E-state index in [-0.39, 0.29) is 16.5 Å². The van der Waals surface area contributed by atoms with Crippen molar-refractivity contribution in [2.75, 3.05) is 0 Å². The number of aromatic carboxylic acids is 1. The lowest BCUT2D eigenvalue weighted by molar-refractivity contribution is -0.386. The molecule has 0 saturated heterocycles. The highest BCUT2D eigenvalue weighted by Gasteiger charge is 2.26. The predicted octanol–water partition coefficient (Wildman–Crippen LogP) is 4.05. The van der Waals surface area contributed by atoms with Crippen LogP contribution in [-0.2, 0) is 0 Å². The smallest absolute Gasteiger partial charge is 0.342 e. The third-order valence-corrected chi connectivity index (χ3v) is 3.01. The van der Waals surface area contributed by atoms with Gasteiger partial charge in [0.25, 0.3) is 0 Å². The van der Waals surface area contributed by atoms with Gasteiger partial charge in [-0.1, -0.05) is 23.7 Å². The van der Waals surface area contributed by atoms with Crippen molar-refractivity contribution in [3.05, 3.63) is 62.7 Å². The summed E-state index contributed by atoms with van der Waals surface area (Å²) in [6, 6.07) is 8.77. The Hall–Kier alpha value is -2.60. The van der Waals surface area contributed by atoms with Gasteiger partial charge in [0, 0.05) is 0 Å². The largest absolute Gasteiger partial charge is 0.477 e. The van der Waals surface area contributed by atoms with Crippen LogP contribution in [0.4, 0.5) is 5.69 Å². The number of para-hydroxylation sites is 1. The molecule has 0 unspecified atom stereocenters. The Kier molecular flexibility index (Phi) is 4.09. The summed E-state index contributed by atoms with van der Waals surface area (Å²) in [7, 11) is 0. The first kappa shape index (κ1) is 14.8. The van der Waals surface area contributed by atoms with E-state index in [9.17, 15) is 14.9 Å². The number of hydrogen-bond acceptors (Lipinski definition) is 4. The van der Waals surface area contributed by atoms with Gasteiger partial charge < -0.3 is 9.84 Å². The first-order chi connectivity index (χ1) is 9.90. The molecule has 0 spiro atoms. The molecule has 0 atom stereocenters. The Morgan fingerprint density at radius 2 is 2.00 bits per heavy atom. The molecule has 0 aliphatic carbocycles. The van der Waals surface area contributed by atoms with Crippen LogP contribution in [0.5, 0.6) is 11.5 Å². The van der Waals surface area contributed by atoms with E-state index in [2.05, 4.69) is 0 Å². The van der Waals surface area contributed by atoms with Crippen molar-refractivity contribution in [2.45, 2.75) is 6.92 Å². The van der Waals surface area contributed by atoms with Crippen LogP contribution in [0.2, 0.25) is 5.02 Å². The van der Waals surface area contributed by atoms with E-state index in [1.165, 1.54) is 12.1 Å². The van der Waals surface area contributed by atoms with Crippen molar-refractivity contribution in [2.24, 2.45) is 0 Å². The molecule has 0 bridgehead atoms. The molecule has 21 heavy (non-hydrogen) atoms. The number of ether oxygens (including phenoxy) is 1. The van der Waals surface area contributed by atoms with Crippen LogP contribution in [0, 0.1) is 17.0 Å². The van der Waals surface area contributed by atoms with E-state index >= 15 is 0 Å².